The van der Waals surface area contributed by atoms with Crippen molar-refractivity contribution in [2.75, 3.05) is 17.1 Å². The van der Waals surface area contributed by atoms with E-state index in [-0.39, 0.29) is 18.5 Å². The maximum absolute atomic E-state index is 13.6. The molecule has 0 aromatic heterocycles. The second kappa shape index (κ2) is 12.2. The minimum absolute atomic E-state index is 0.0342. The number of sulfonamides is 1. The zero-order valence-corrected chi connectivity index (χ0v) is 21.9. The normalized spacial score (nSPS) is 13.1. The molecule has 180 valence electrons. The van der Waals surface area contributed by atoms with E-state index in [1.165, 1.54) is 4.90 Å². The second-order valence-electron chi connectivity index (χ2n) is 7.97. The van der Waals surface area contributed by atoms with Gasteiger partial charge in [0.05, 0.1) is 11.9 Å². The van der Waals surface area contributed by atoms with Crippen LogP contribution in [0.15, 0.2) is 59.1 Å². The van der Waals surface area contributed by atoms with Gasteiger partial charge in [-0.1, -0.05) is 56.3 Å². The van der Waals surface area contributed by atoms with Gasteiger partial charge in [-0.3, -0.25) is 13.9 Å². The maximum atomic E-state index is 13.6. The predicted octanol–water partition coefficient (Wildman–Crippen LogP) is 3.94. The molecule has 7 nitrogen and oxygen atoms in total. The SMILES string of the molecule is CC[C@@H](C)NC(=O)[C@@H](CC)N(Cc1ccccc1)C(=O)CN(c1ccccc1Br)S(C)(=O)=O. The molecule has 0 heterocycles. The number of carbonyl (C=O) groups is 2. The Balaban J connectivity index is 2.42. The molecule has 0 unspecified atom stereocenters. The zero-order valence-electron chi connectivity index (χ0n) is 19.5. The van der Waals surface area contributed by atoms with Crippen LogP contribution in [0.25, 0.3) is 0 Å². The number of para-hydroxylation sites is 1. The van der Waals surface area contributed by atoms with E-state index in [1.807, 2.05) is 51.1 Å². The number of rotatable bonds is 11. The number of nitrogens with zero attached hydrogens (tertiary/aromatic N) is 2. The van der Waals surface area contributed by atoms with Gasteiger partial charge < -0.3 is 10.2 Å². The number of amides is 2. The predicted molar refractivity (Wildman–Crippen MR) is 135 cm³/mol. The van der Waals surface area contributed by atoms with Crippen molar-refractivity contribution in [3.8, 4) is 0 Å². The summed E-state index contributed by atoms with van der Waals surface area (Å²) in [4.78, 5) is 28.1. The molecule has 33 heavy (non-hydrogen) atoms. The van der Waals surface area contributed by atoms with Gasteiger partial charge in [0.15, 0.2) is 0 Å². The van der Waals surface area contributed by atoms with Crippen LogP contribution in [-0.4, -0.2) is 50.0 Å². The van der Waals surface area contributed by atoms with E-state index in [1.54, 1.807) is 24.3 Å². The number of carbonyl (C=O) groups excluding carboxylic acids is 2. The van der Waals surface area contributed by atoms with Crippen LogP contribution in [0.1, 0.15) is 39.2 Å². The summed E-state index contributed by atoms with van der Waals surface area (Å²) < 4.78 is 26.8. The molecule has 2 aromatic carbocycles. The maximum Gasteiger partial charge on any atom is 0.244 e. The number of nitrogens with one attached hydrogen (secondary N) is 1. The smallest absolute Gasteiger partial charge is 0.244 e. The fraction of sp³-hybridized carbons (Fsp3) is 0.417. The van der Waals surface area contributed by atoms with Gasteiger partial charge in [-0.05, 0) is 53.4 Å². The van der Waals surface area contributed by atoms with E-state index in [4.69, 9.17) is 0 Å². The van der Waals surface area contributed by atoms with Gasteiger partial charge in [0.25, 0.3) is 0 Å². The Bertz CT molecular complexity index is 1050. The molecule has 2 aromatic rings. The first kappa shape index (κ1) is 26.9. The summed E-state index contributed by atoms with van der Waals surface area (Å²) in [5, 5.41) is 2.95. The number of benzene rings is 2. The van der Waals surface area contributed by atoms with E-state index in [0.717, 1.165) is 22.5 Å². The van der Waals surface area contributed by atoms with Crippen molar-refractivity contribution >= 4 is 43.5 Å². The Kier molecular flexibility index (Phi) is 9.91. The molecule has 0 saturated heterocycles. The highest BCUT2D eigenvalue weighted by atomic mass is 79.9. The van der Waals surface area contributed by atoms with Crippen LogP contribution in [0.4, 0.5) is 5.69 Å². The minimum atomic E-state index is -3.76. The molecule has 0 aliphatic heterocycles. The Morgan fingerprint density at radius 1 is 1.00 bits per heavy atom. The molecule has 0 bridgehead atoms. The van der Waals surface area contributed by atoms with E-state index in [0.29, 0.717) is 16.6 Å². The third-order valence-corrected chi connectivity index (χ3v) is 7.18. The van der Waals surface area contributed by atoms with Crippen molar-refractivity contribution in [1.29, 1.82) is 0 Å². The van der Waals surface area contributed by atoms with Crippen LogP contribution in [-0.2, 0) is 26.2 Å². The zero-order chi connectivity index (χ0) is 24.6. The topological polar surface area (TPSA) is 86.8 Å². The summed E-state index contributed by atoms with van der Waals surface area (Å²) in [5.41, 5.74) is 1.22. The van der Waals surface area contributed by atoms with Crippen LogP contribution < -0.4 is 9.62 Å². The minimum Gasteiger partial charge on any atom is -0.352 e. The molecule has 2 amide bonds. The van der Waals surface area contributed by atoms with Crippen LogP contribution in [0.5, 0.6) is 0 Å². The van der Waals surface area contributed by atoms with Crippen molar-refractivity contribution in [2.24, 2.45) is 0 Å². The lowest BCUT2D eigenvalue weighted by Crippen LogP contribution is -2.53. The number of halogens is 1. The lowest BCUT2D eigenvalue weighted by molar-refractivity contribution is -0.140. The summed E-state index contributed by atoms with van der Waals surface area (Å²) >= 11 is 3.38. The summed E-state index contributed by atoms with van der Waals surface area (Å²) in [5.74, 6) is -0.700. The van der Waals surface area contributed by atoms with E-state index >= 15 is 0 Å². The largest absolute Gasteiger partial charge is 0.352 e. The Morgan fingerprint density at radius 2 is 1.61 bits per heavy atom. The third-order valence-electron chi connectivity index (χ3n) is 5.38. The van der Waals surface area contributed by atoms with Crippen molar-refractivity contribution in [1.82, 2.24) is 10.2 Å². The van der Waals surface area contributed by atoms with Gasteiger partial charge in [0.2, 0.25) is 21.8 Å². The van der Waals surface area contributed by atoms with Gasteiger partial charge >= 0.3 is 0 Å². The van der Waals surface area contributed by atoms with Crippen LogP contribution in [0.3, 0.4) is 0 Å². The van der Waals surface area contributed by atoms with Crippen molar-refractivity contribution < 1.29 is 18.0 Å². The first-order valence-electron chi connectivity index (χ1n) is 10.9. The Morgan fingerprint density at radius 3 is 2.15 bits per heavy atom. The fourth-order valence-electron chi connectivity index (χ4n) is 3.39. The molecule has 9 heteroatoms. The first-order valence-corrected chi connectivity index (χ1v) is 13.6. The Hall–Kier alpha value is -2.39. The van der Waals surface area contributed by atoms with E-state index in [2.05, 4.69) is 21.2 Å². The van der Waals surface area contributed by atoms with Crippen molar-refractivity contribution in [3.05, 3.63) is 64.6 Å². The highest BCUT2D eigenvalue weighted by Crippen LogP contribution is 2.28. The number of hydrogen-bond donors (Lipinski definition) is 1. The summed E-state index contributed by atoms with van der Waals surface area (Å²) in [6.07, 6.45) is 2.22. The van der Waals surface area contributed by atoms with Crippen LogP contribution in [0.2, 0.25) is 0 Å². The molecule has 0 aliphatic carbocycles. The average Bonchev–Trinajstić information content (AvgIpc) is 2.77. The molecular formula is C24H32BrN3O4S. The monoisotopic (exact) mass is 537 g/mol. The second-order valence-corrected chi connectivity index (χ2v) is 10.7. The third kappa shape index (κ3) is 7.57. The van der Waals surface area contributed by atoms with Crippen molar-refractivity contribution in [2.45, 2.75) is 52.2 Å². The molecule has 0 spiro atoms. The molecular weight excluding hydrogens is 506 g/mol. The van der Waals surface area contributed by atoms with Crippen LogP contribution in [0, 0.1) is 0 Å². The van der Waals surface area contributed by atoms with Crippen LogP contribution >= 0.6 is 15.9 Å². The molecule has 0 aliphatic rings. The number of hydrogen-bond acceptors (Lipinski definition) is 4. The average molecular weight is 539 g/mol. The van der Waals surface area contributed by atoms with E-state index in [9.17, 15) is 18.0 Å². The molecule has 0 fully saturated rings. The number of anilines is 1. The van der Waals surface area contributed by atoms with Crippen molar-refractivity contribution in [3.63, 3.8) is 0 Å². The van der Waals surface area contributed by atoms with Gasteiger partial charge in [0, 0.05) is 17.1 Å². The molecule has 2 atom stereocenters. The first-order chi connectivity index (χ1) is 15.6. The molecule has 0 saturated carbocycles. The van der Waals surface area contributed by atoms with E-state index < -0.39 is 28.5 Å². The molecule has 1 N–H and O–H groups in total. The van der Waals surface area contributed by atoms with Gasteiger partial charge in [-0.15, -0.1) is 0 Å². The van der Waals surface area contributed by atoms with Gasteiger partial charge in [-0.25, -0.2) is 8.42 Å². The highest BCUT2D eigenvalue weighted by molar-refractivity contribution is 9.10. The molecule has 0 radical (unpaired) electrons. The Labute approximate surface area is 205 Å². The lowest BCUT2D eigenvalue weighted by Gasteiger charge is -2.33. The summed E-state index contributed by atoms with van der Waals surface area (Å²) in [6.45, 7) is 5.50. The fourth-order valence-corrected chi connectivity index (χ4v) is 4.87. The van der Waals surface area contributed by atoms with Gasteiger partial charge in [0.1, 0.15) is 12.6 Å². The standard InChI is InChI=1S/C24H32BrN3O4S/c1-5-18(3)26-24(30)21(6-2)27(16-19-12-8-7-9-13-19)23(29)17-28(33(4,31)32)22-15-11-10-14-20(22)25/h7-15,18,21H,5-6,16-17H2,1-4H3,(H,26,30)/t18-,21-/m1/s1. The summed E-state index contributed by atoms with van der Waals surface area (Å²) in [7, 11) is -3.76. The highest BCUT2D eigenvalue weighted by Gasteiger charge is 2.32. The summed E-state index contributed by atoms with van der Waals surface area (Å²) in [6, 6.07) is 15.4. The quantitative estimate of drug-likeness (QED) is 0.470. The lowest BCUT2D eigenvalue weighted by atomic mass is 10.1. The molecule has 2 rings (SSSR count). The van der Waals surface area contributed by atoms with Gasteiger partial charge in [-0.2, -0.15) is 0 Å².